The fraction of sp³-hybridized carbons (Fsp3) is 0.923. The van der Waals surface area contributed by atoms with Crippen molar-refractivity contribution in [2.24, 2.45) is 5.41 Å². The molecule has 0 radical (unpaired) electrons. The number of ether oxygens (including phenoxy) is 1. The zero-order chi connectivity index (χ0) is 13.6. The largest absolute Gasteiger partial charge is 0.463 e. The Morgan fingerprint density at radius 3 is 2.72 bits per heavy atom. The van der Waals surface area contributed by atoms with Gasteiger partial charge in [-0.1, -0.05) is 0 Å². The van der Waals surface area contributed by atoms with E-state index in [-0.39, 0.29) is 12.6 Å². The first-order valence-corrected chi connectivity index (χ1v) is 6.47. The average molecular weight is 259 g/mol. The van der Waals surface area contributed by atoms with E-state index in [4.69, 9.17) is 4.74 Å². The van der Waals surface area contributed by atoms with Crippen molar-refractivity contribution in [2.75, 3.05) is 19.7 Å². The van der Waals surface area contributed by atoms with Crippen molar-refractivity contribution in [3.63, 3.8) is 0 Å². The van der Waals surface area contributed by atoms with Crippen LogP contribution in [0.2, 0.25) is 0 Å². The summed E-state index contributed by atoms with van der Waals surface area (Å²) in [4.78, 5) is 13.7. The van der Waals surface area contributed by atoms with Crippen molar-refractivity contribution in [2.45, 2.75) is 51.4 Å². The van der Waals surface area contributed by atoms with Gasteiger partial charge in [-0.2, -0.15) is 0 Å². The van der Waals surface area contributed by atoms with Gasteiger partial charge in [-0.15, -0.1) is 0 Å². The summed E-state index contributed by atoms with van der Waals surface area (Å²) >= 11 is 0. The van der Waals surface area contributed by atoms with Gasteiger partial charge in [0.05, 0.1) is 17.1 Å². The van der Waals surface area contributed by atoms with E-state index in [1.807, 2.05) is 4.90 Å². The highest BCUT2D eigenvalue weighted by molar-refractivity contribution is 5.75. The van der Waals surface area contributed by atoms with E-state index in [2.05, 4.69) is 0 Å². The second-order valence-corrected chi connectivity index (χ2v) is 6.61. The normalized spacial score (nSPS) is 36.7. The number of β-amino-alcohol motifs (C(OH)–C–C–N with tert-alkyl or cyclic N) is 1. The molecule has 2 rings (SSSR count). The summed E-state index contributed by atoms with van der Waals surface area (Å²) in [7, 11) is 0. The molecule has 2 aliphatic heterocycles. The van der Waals surface area contributed by atoms with Crippen LogP contribution in [0.25, 0.3) is 0 Å². The topological polar surface area (TPSA) is 49.8 Å². The molecule has 0 saturated carbocycles. The number of carbonyl (C=O) groups is 1. The van der Waals surface area contributed by atoms with Crippen LogP contribution in [0.4, 0.5) is 4.39 Å². The third-order valence-electron chi connectivity index (χ3n) is 3.82. The molecule has 2 aliphatic rings. The van der Waals surface area contributed by atoms with E-state index in [0.717, 1.165) is 0 Å². The lowest BCUT2D eigenvalue weighted by molar-refractivity contribution is -0.156. The minimum absolute atomic E-state index is 0.181. The summed E-state index contributed by atoms with van der Waals surface area (Å²) in [5.74, 6) is -0.277. The lowest BCUT2D eigenvalue weighted by atomic mass is 9.93. The molecule has 2 saturated heterocycles. The fourth-order valence-electron chi connectivity index (χ4n) is 2.90. The predicted molar refractivity (Wildman–Crippen MR) is 64.9 cm³/mol. The maximum absolute atomic E-state index is 13.5. The van der Waals surface area contributed by atoms with E-state index in [0.29, 0.717) is 25.9 Å². The zero-order valence-electron chi connectivity index (χ0n) is 11.3. The third kappa shape index (κ3) is 2.52. The van der Waals surface area contributed by atoms with E-state index in [1.54, 1.807) is 20.8 Å². The van der Waals surface area contributed by atoms with E-state index in [9.17, 15) is 14.3 Å². The van der Waals surface area contributed by atoms with Gasteiger partial charge in [-0.05, 0) is 27.2 Å². The number of aliphatic hydroxyl groups excluding tert-OH is 1. The summed E-state index contributed by atoms with van der Waals surface area (Å²) in [6, 6.07) is 0. The summed E-state index contributed by atoms with van der Waals surface area (Å²) < 4.78 is 18.8. The third-order valence-corrected chi connectivity index (χ3v) is 3.82. The van der Waals surface area contributed by atoms with Crippen LogP contribution in [0.3, 0.4) is 0 Å². The maximum Gasteiger partial charge on any atom is 0.311 e. The minimum atomic E-state index is -0.883. The lowest BCUT2D eigenvalue weighted by Crippen LogP contribution is -2.44. The van der Waals surface area contributed by atoms with Crippen molar-refractivity contribution in [3.05, 3.63) is 0 Å². The molecule has 0 spiro atoms. The number of rotatable bonds is 2. The van der Waals surface area contributed by atoms with Gasteiger partial charge in [0.15, 0.2) is 0 Å². The molecule has 0 unspecified atom stereocenters. The Labute approximate surface area is 107 Å². The summed E-state index contributed by atoms with van der Waals surface area (Å²) in [5, 5.41) is 9.71. The van der Waals surface area contributed by atoms with Crippen molar-refractivity contribution >= 4 is 5.97 Å². The molecule has 2 fully saturated rings. The molecule has 0 aromatic rings. The Morgan fingerprint density at radius 2 is 2.11 bits per heavy atom. The van der Waals surface area contributed by atoms with Gasteiger partial charge < -0.3 is 9.84 Å². The van der Waals surface area contributed by atoms with Crippen LogP contribution >= 0.6 is 0 Å². The van der Waals surface area contributed by atoms with Crippen LogP contribution in [0.15, 0.2) is 0 Å². The Morgan fingerprint density at radius 1 is 1.44 bits per heavy atom. The van der Waals surface area contributed by atoms with Crippen molar-refractivity contribution in [1.29, 1.82) is 0 Å². The Kier molecular flexibility index (Phi) is 3.40. The molecule has 0 aromatic carbocycles. The molecule has 0 bridgehead atoms. The summed E-state index contributed by atoms with van der Waals surface area (Å²) in [5.41, 5.74) is -1.04. The van der Waals surface area contributed by atoms with Crippen LogP contribution in [-0.4, -0.2) is 53.5 Å². The molecule has 5 heteroatoms. The van der Waals surface area contributed by atoms with Crippen LogP contribution in [0.1, 0.15) is 33.6 Å². The SMILES string of the molecule is CC(C)(C)C(=O)OC[C@@]12C[C@@H](O)CN1C[C@H](F)C2. The molecule has 104 valence electrons. The van der Waals surface area contributed by atoms with Gasteiger partial charge in [-0.25, -0.2) is 4.39 Å². The van der Waals surface area contributed by atoms with E-state index < -0.39 is 23.2 Å². The summed E-state index contributed by atoms with van der Waals surface area (Å²) in [6.45, 7) is 6.38. The second-order valence-electron chi connectivity index (χ2n) is 6.61. The standard InChI is InChI=1S/C13H22FNO3/c1-12(2,3)11(17)18-8-13-4-9(14)6-15(13)7-10(16)5-13/h9-10,16H,4-8H2,1-3H3/t9-,10-,13-/m1/s1. The number of halogens is 1. The molecular weight excluding hydrogens is 237 g/mol. The molecule has 1 N–H and O–H groups in total. The Bertz CT molecular complexity index is 326. The van der Waals surface area contributed by atoms with Gasteiger partial charge in [0.2, 0.25) is 0 Å². The monoisotopic (exact) mass is 259 g/mol. The number of nitrogens with zero attached hydrogens (tertiary/aromatic N) is 1. The molecule has 0 aliphatic carbocycles. The molecule has 4 nitrogen and oxygen atoms in total. The number of aliphatic hydroxyl groups is 1. The number of fused-ring (bicyclic) bond motifs is 1. The fourth-order valence-corrected chi connectivity index (χ4v) is 2.90. The van der Waals surface area contributed by atoms with Crippen LogP contribution in [0.5, 0.6) is 0 Å². The first-order chi connectivity index (χ1) is 8.23. The van der Waals surface area contributed by atoms with E-state index in [1.165, 1.54) is 0 Å². The number of hydrogen-bond donors (Lipinski definition) is 1. The smallest absolute Gasteiger partial charge is 0.311 e. The molecular formula is C13H22FNO3. The van der Waals surface area contributed by atoms with Crippen molar-refractivity contribution in [3.8, 4) is 0 Å². The second kappa shape index (κ2) is 4.46. The van der Waals surface area contributed by atoms with Gasteiger partial charge in [0.1, 0.15) is 12.8 Å². The van der Waals surface area contributed by atoms with Crippen molar-refractivity contribution in [1.82, 2.24) is 4.90 Å². The highest BCUT2D eigenvalue weighted by Crippen LogP contribution is 2.40. The van der Waals surface area contributed by atoms with Crippen LogP contribution < -0.4 is 0 Å². The maximum atomic E-state index is 13.5. The number of hydrogen-bond acceptors (Lipinski definition) is 4. The van der Waals surface area contributed by atoms with E-state index >= 15 is 0 Å². The first kappa shape index (κ1) is 13.7. The summed E-state index contributed by atoms with van der Waals surface area (Å²) in [6.07, 6.45) is -0.483. The van der Waals surface area contributed by atoms with Crippen LogP contribution in [0, 0.1) is 5.41 Å². The Balaban J connectivity index is 2.00. The number of alkyl halides is 1. The van der Waals surface area contributed by atoms with Gasteiger partial charge in [0.25, 0.3) is 0 Å². The highest BCUT2D eigenvalue weighted by atomic mass is 19.1. The highest BCUT2D eigenvalue weighted by Gasteiger charge is 2.52. The number of esters is 1. The minimum Gasteiger partial charge on any atom is -0.463 e. The molecule has 3 atom stereocenters. The molecule has 0 aromatic heterocycles. The average Bonchev–Trinajstić information content (AvgIpc) is 2.64. The van der Waals surface area contributed by atoms with Gasteiger partial charge in [0, 0.05) is 19.5 Å². The number of carbonyl (C=O) groups excluding carboxylic acids is 1. The molecule has 18 heavy (non-hydrogen) atoms. The van der Waals surface area contributed by atoms with Gasteiger partial charge in [-0.3, -0.25) is 9.69 Å². The predicted octanol–water partition coefficient (Wildman–Crippen LogP) is 1.12. The quantitative estimate of drug-likeness (QED) is 0.755. The van der Waals surface area contributed by atoms with Gasteiger partial charge >= 0.3 is 5.97 Å². The van der Waals surface area contributed by atoms with Crippen molar-refractivity contribution < 1.29 is 19.0 Å². The lowest BCUT2D eigenvalue weighted by Gasteiger charge is -2.31. The first-order valence-electron chi connectivity index (χ1n) is 6.47. The van der Waals surface area contributed by atoms with Crippen LogP contribution in [-0.2, 0) is 9.53 Å². The molecule has 2 heterocycles. The Hall–Kier alpha value is -0.680. The molecule has 0 amide bonds. The zero-order valence-corrected chi connectivity index (χ0v) is 11.3.